The number of piperazine rings is 1. The normalized spacial score (nSPS) is 21.8. The van der Waals surface area contributed by atoms with Gasteiger partial charge in [-0.2, -0.15) is 4.31 Å². The maximum absolute atomic E-state index is 11.6. The summed E-state index contributed by atoms with van der Waals surface area (Å²) in [5, 5.41) is 0. The Balaban J connectivity index is 2.89. The van der Waals surface area contributed by atoms with Crippen molar-refractivity contribution in [1.29, 1.82) is 0 Å². The number of rotatable bonds is 2. The Hall–Kier alpha value is -0.880. The van der Waals surface area contributed by atoms with Crippen LogP contribution in [0.2, 0.25) is 0 Å². The Kier molecular flexibility index (Phi) is 3.44. The van der Waals surface area contributed by atoms with Gasteiger partial charge in [-0.15, -0.1) is 0 Å². The molecule has 0 spiro atoms. The predicted octanol–water partition coefficient (Wildman–Crippen LogP) is 0.0548. The zero-order chi connectivity index (χ0) is 12.6. The van der Waals surface area contributed by atoms with E-state index in [4.69, 9.17) is 0 Å². The van der Waals surface area contributed by atoms with Crippen LogP contribution in [0.1, 0.15) is 13.8 Å². The van der Waals surface area contributed by atoms with Crippen LogP contribution >= 0.6 is 0 Å². The third-order valence-corrected chi connectivity index (χ3v) is 4.19. The molecule has 1 amide bonds. The lowest BCUT2D eigenvalue weighted by atomic mass is 10.0. The third-order valence-electron chi connectivity index (χ3n) is 2.71. The molecule has 6 heteroatoms. The second-order valence-electron chi connectivity index (χ2n) is 4.61. The fourth-order valence-corrected chi connectivity index (χ4v) is 3.44. The fourth-order valence-electron chi connectivity index (χ4n) is 2.07. The summed E-state index contributed by atoms with van der Waals surface area (Å²) >= 11 is 0. The zero-order valence-electron chi connectivity index (χ0n) is 9.93. The van der Waals surface area contributed by atoms with Crippen molar-refractivity contribution in [1.82, 2.24) is 9.21 Å². The van der Waals surface area contributed by atoms with Crippen molar-refractivity contribution in [2.75, 3.05) is 25.9 Å². The summed E-state index contributed by atoms with van der Waals surface area (Å²) < 4.78 is 24.5. The van der Waals surface area contributed by atoms with Crippen molar-refractivity contribution in [3.8, 4) is 0 Å². The summed E-state index contributed by atoms with van der Waals surface area (Å²) in [6, 6.07) is 0. The Bertz CT molecular complexity index is 400. The van der Waals surface area contributed by atoms with E-state index in [1.54, 1.807) is 4.90 Å². The molecule has 1 saturated heterocycles. The molecule has 0 aromatic heterocycles. The average Bonchev–Trinajstić information content (AvgIpc) is 2.12. The highest BCUT2D eigenvalue weighted by Gasteiger charge is 2.39. The van der Waals surface area contributed by atoms with Gasteiger partial charge in [-0.05, 0) is 19.9 Å². The van der Waals surface area contributed by atoms with E-state index in [-0.39, 0.29) is 5.91 Å². The summed E-state index contributed by atoms with van der Waals surface area (Å²) in [4.78, 5) is 13.1. The van der Waals surface area contributed by atoms with E-state index in [1.807, 2.05) is 13.8 Å². The van der Waals surface area contributed by atoms with Gasteiger partial charge in [0.2, 0.25) is 15.9 Å². The summed E-state index contributed by atoms with van der Waals surface area (Å²) in [6.45, 7) is 8.21. The van der Waals surface area contributed by atoms with Crippen molar-refractivity contribution >= 4 is 15.9 Å². The van der Waals surface area contributed by atoms with Crippen molar-refractivity contribution in [3.63, 3.8) is 0 Å². The molecule has 1 rings (SSSR count). The Morgan fingerprint density at radius 2 is 1.94 bits per heavy atom. The molecule has 92 valence electrons. The van der Waals surface area contributed by atoms with Crippen LogP contribution in [-0.2, 0) is 14.8 Å². The van der Waals surface area contributed by atoms with Gasteiger partial charge in [-0.1, -0.05) is 6.58 Å². The second kappa shape index (κ2) is 4.18. The molecule has 5 nitrogen and oxygen atoms in total. The summed E-state index contributed by atoms with van der Waals surface area (Å²) in [5.74, 6) is -0.152. The molecule has 0 aliphatic carbocycles. The minimum atomic E-state index is -3.22. The Morgan fingerprint density at radius 3 is 2.31 bits per heavy atom. The number of amides is 1. The zero-order valence-corrected chi connectivity index (χ0v) is 10.7. The van der Waals surface area contributed by atoms with Gasteiger partial charge in [0.1, 0.15) is 0 Å². The SMILES string of the molecule is C=CC(=O)N1CCN(S(C)(=O)=O)C(C)(C)C1. The topological polar surface area (TPSA) is 57.7 Å². The first-order valence-electron chi connectivity index (χ1n) is 5.07. The van der Waals surface area contributed by atoms with E-state index in [9.17, 15) is 13.2 Å². The largest absolute Gasteiger partial charge is 0.336 e. The molecule has 1 aliphatic heterocycles. The summed E-state index contributed by atoms with van der Waals surface area (Å²) in [5.41, 5.74) is -0.565. The van der Waals surface area contributed by atoms with E-state index < -0.39 is 15.6 Å². The van der Waals surface area contributed by atoms with Gasteiger partial charge < -0.3 is 4.90 Å². The minimum absolute atomic E-state index is 0.152. The summed E-state index contributed by atoms with van der Waals surface area (Å²) in [6.07, 6.45) is 2.45. The lowest BCUT2D eigenvalue weighted by Gasteiger charge is -2.45. The van der Waals surface area contributed by atoms with Crippen LogP contribution < -0.4 is 0 Å². The Morgan fingerprint density at radius 1 is 1.38 bits per heavy atom. The second-order valence-corrected chi connectivity index (χ2v) is 6.52. The van der Waals surface area contributed by atoms with Crippen molar-refractivity contribution in [2.45, 2.75) is 19.4 Å². The smallest absolute Gasteiger partial charge is 0.246 e. The third kappa shape index (κ3) is 2.62. The molecule has 0 atom stereocenters. The van der Waals surface area contributed by atoms with E-state index in [2.05, 4.69) is 6.58 Å². The van der Waals surface area contributed by atoms with Crippen molar-refractivity contribution in [3.05, 3.63) is 12.7 Å². The molecule has 0 bridgehead atoms. The highest BCUT2D eigenvalue weighted by molar-refractivity contribution is 7.88. The first-order chi connectivity index (χ1) is 7.18. The van der Waals surface area contributed by atoms with Gasteiger partial charge in [0.15, 0.2) is 0 Å². The van der Waals surface area contributed by atoms with E-state index in [0.717, 1.165) is 0 Å². The van der Waals surface area contributed by atoms with E-state index in [0.29, 0.717) is 19.6 Å². The van der Waals surface area contributed by atoms with E-state index >= 15 is 0 Å². The molecule has 0 aromatic carbocycles. The number of nitrogens with zero attached hydrogens (tertiary/aromatic N) is 2. The molecule has 1 aliphatic rings. The highest BCUT2D eigenvalue weighted by Crippen LogP contribution is 2.23. The maximum atomic E-state index is 11.6. The van der Waals surface area contributed by atoms with Crippen LogP contribution in [-0.4, -0.2) is 55.0 Å². The molecule has 0 unspecified atom stereocenters. The van der Waals surface area contributed by atoms with Crippen LogP contribution in [0.15, 0.2) is 12.7 Å². The molecule has 1 heterocycles. The molecule has 1 fully saturated rings. The van der Waals surface area contributed by atoms with Crippen LogP contribution in [0, 0.1) is 0 Å². The van der Waals surface area contributed by atoms with Gasteiger partial charge in [0, 0.05) is 25.2 Å². The van der Waals surface area contributed by atoms with Crippen molar-refractivity contribution < 1.29 is 13.2 Å². The predicted molar refractivity (Wildman–Crippen MR) is 62.4 cm³/mol. The van der Waals surface area contributed by atoms with Gasteiger partial charge in [-0.3, -0.25) is 4.79 Å². The maximum Gasteiger partial charge on any atom is 0.246 e. The minimum Gasteiger partial charge on any atom is -0.336 e. The van der Waals surface area contributed by atoms with Crippen LogP contribution in [0.3, 0.4) is 0 Å². The molecule has 0 radical (unpaired) electrons. The molecular formula is C10H18N2O3S. The first-order valence-corrected chi connectivity index (χ1v) is 6.92. The van der Waals surface area contributed by atoms with Crippen LogP contribution in [0.5, 0.6) is 0 Å². The first kappa shape index (κ1) is 13.2. The average molecular weight is 246 g/mol. The summed E-state index contributed by atoms with van der Waals surface area (Å²) in [7, 11) is -3.22. The van der Waals surface area contributed by atoms with Gasteiger partial charge >= 0.3 is 0 Å². The van der Waals surface area contributed by atoms with Gasteiger partial charge in [0.25, 0.3) is 0 Å². The van der Waals surface area contributed by atoms with Crippen LogP contribution in [0.25, 0.3) is 0 Å². The molecule has 16 heavy (non-hydrogen) atoms. The number of carbonyl (C=O) groups excluding carboxylic acids is 1. The van der Waals surface area contributed by atoms with E-state index in [1.165, 1.54) is 16.6 Å². The molecule has 0 aromatic rings. The fraction of sp³-hybridized carbons (Fsp3) is 0.700. The standard InChI is InChI=1S/C10H18N2O3S/c1-5-9(13)11-6-7-12(16(4,14)15)10(2,3)8-11/h5H,1,6-8H2,2-4H3. The number of sulfonamides is 1. The van der Waals surface area contributed by atoms with Crippen molar-refractivity contribution in [2.24, 2.45) is 0 Å². The molecule has 0 N–H and O–H groups in total. The van der Waals surface area contributed by atoms with Gasteiger partial charge in [0.05, 0.1) is 6.26 Å². The highest BCUT2D eigenvalue weighted by atomic mass is 32.2. The lowest BCUT2D eigenvalue weighted by Crippen LogP contribution is -2.61. The monoisotopic (exact) mass is 246 g/mol. The van der Waals surface area contributed by atoms with Crippen LogP contribution in [0.4, 0.5) is 0 Å². The number of hydrogen-bond donors (Lipinski definition) is 0. The molecule has 0 saturated carbocycles. The molecular weight excluding hydrogens is 228 g/mol. The number of hydrogen-bond acceptors (Lipinski definition) is 3. The lowest BCUT2D eigenvalue weighted by molar-refractivity contribution is -0.129. The quantitative estimate of drug-likeness (QED) is 0.647. The number of carbonyl (C=O) groups is 1. The Labute approximate surface area is 96.8 Å². The van der Waals surface area contributed by atoms with Gasteiger partial charge in [-0.25, -0.2) is 8.42 Å².